The van der Waals surface area contributed by atoms with E-state index in [0.717, 1.165) is 6.42 Å². The minimum absolute atomic E-state index is 0.294. The maximum Gasteiger partial charge on any atom is 0.175 e. The second-order valence-corrected chi connectivity index (χ2v) is 8.46. The van der Waals surface area contributed by atoms with E-state index in [9.17, 15) is 8.42 Å². The van der Waals surface area contributed by atoms with Gasteiger partial charge in [-0.15, -0.1) is 11.3 Å². The number of rotatable bonds is 6. The lowest BCUT2D eigenvalue weighted by atomic mass is 10.2. The Kier molecular flexibility index (Phi) is 5.43. The Hall–Kier alpha value is -0.880. The van der Waals surface area contributed by atoms with Crippen molar-refractivity contribution in [3.63, 3.8) is 0 Å². The van der Waals surface area contributed by atoms with Crippen LogP contribution in [0.4, 0.5) is 0 Å². The highest BCUT2D eigenvalue weighted by molar-refractivity contribution is 7.90. The van der Waals surface area contributed by atoms with Crippen molar-refractivity contribution in [3.8, 4) is 0 Å². The summed E-state index contributed by atoms with van der Waals surface area (Å²) < 4.78 is 23.6. The van der Waals surface area contributed by atoms with Gasteiger partial charge in [-0.05, 0) is 30.7 Å². The minimum atomic E-state index is -3.27. The standard InChI is InChI=1S/C15H18ClNO2S2/c1-3-11-7-8-12(20-11)9-17-10-13-14(16)5-4-6-15(13)21(2,18)19/h4-8,17H,3,9-10H2,1-2H3. The van der Waals surface area contributed by atoms with Crippen molar-refractivity contribution in [3.05, 3.63) is 50.7 Å². The summed E-state index contributed by atoms with van der Waals surface area (Å²) in [7, 11) is -3.27. The fourth-order valence-corrected chi connectivity index (χ4v) is 4.26. The third-order valence-corrected chi connectivity index (χ3v) is 5.91. The van der Waals surface area contributed by atoms with E-state index in [4.69, 9.17) is 11.6 Å². The van der Waals surface area contributed by atoms with Crippen LogP contribution in [0.3, 0.4) is 0 Å². The first kappa shape index (κ1) is 16.5. The monoisotopic (exact) mass is 343 g/mol. The zero-order valence-corrected chi connectivity index (χ0v) is 14.4. The highest BCUT2D eigenvalue weighted by atomic mass is 35.5. The van der Waals surface area contributed by atoms with Crippen molar-refractivity contribution >= 4 is 32.8 Å². The Bertz CT molecular complexity index is 723. The number of sulfone groups is 1. The van der Waals surface area contributed by atoms with E-state index in [1.54, 1.807) is 29.5 Å². The molecule has 0 atom stereocenters. The Morgan fingerprint density at radius 3 is 2.48 bits per heavy atom. The van der Waals surface area contributed by atoms with E-state index in [-0.39, 0.29) is 0 Å². The fourth-order valence-electron chi connectivity index (χ4n) is 2.08. The Balaban J connectivity index is 2.09. The first-order valence-electron chi connectivity index (χ1n) is 6.67. The van der Waals surface area contributed by atoms with Gasteiger partial charge in [-0.1, -0.05) is 24.6 Å². The highest BCUT2D eigenvalue weighted by Crippen LogP contribution is 2.24. The Morgan fingerprint density at radius 1 is 1.14 bits per heavy atom. The Labute approximate surface area is 134 Å². The lowest BCUT2D eigenvalue weighted by Gasteiger charge is -2.10. The lowest BCUT2D eigenvalue weighted by molar-refractivity contribution is 0.598. The van der Waals surface area contributed by atoms with Gasteiger partial charge in [0.2, 0.25) is 0 Å². The summed E-state index contributed by atoms with van der Waals surface area (Å²) in [6, 6.07) is 9.20. The van der Waals surface area contributed by atoms with E-state index < -0.39 is 9.84 Å². The molecule has 3 nitrogen and oxygen atoms in total. The summed E-state index contributed by atoms with van der Waals surface area (Å²) in [4.78, 5) is 2.88. The van der Waals surface area contributed by atoms with Gasteiger partial charge < -0.3 is 5.32 Å². The summed E-state index contributed by atoms with van der Waals surface area (Å²) in [5.74, 6) is 0. The van der Waals surface area contributed by atoms with Crippen molar-refractivity contribution in [2.45, 2.75) is 31.3 Å². The van der Waals surface area contributed by atoms with Crippen LogP contribution in [-0.2, 0) is 29.3 Å². The molecule has 0 radical (unpaired) electrons. The van der Waals surface area contributed by atoms with Gasteiger partial charge in [0.25, 0.3) is 0 Å². The van der Waals surface area contributed by atoms with Crippen LogP contribution in [0.25, 0.3) is 0 Å². The number of nitrogens with one attached hydrogen (secondary N) is 1. The second-order valence-electron chi connectivity index (χ2n) is 4.81. The molecule has 0 bridgehead atoms. The van der Waals surface area contributed by atoms with Gasteiger partial charge in [0.1, 0.15) is 0 Å². The third kappa shape index (κ3) is 4.30. The first-order valence-corrected chi connectivity index (χ1v) is 9.76. The molecular weight excluding hydrogens is 326 g/mol. The molecule has 0 amide bonds. The summed E-state index contributed by atoms with van der Waals surface area (Å²) in [5.41, 5.74) is 0.633. The molecule has 6 heteroatoms. The summed E-state index contributed by atoms with van der Waals surface area (Å²) in [6.45, 7) is 3.27. The average Bonchev–Trinajstić information content (AvgIpc) is 2.87. The maximum atomic E-state index is 11.8. The van der Waals surface area contributed by atoms with E-state index in [1.807, 2.05) is 0 Å². The molecule has 1 heterocycles. The van der Waals surface area contributed by atoms with Crippen LogP contribution in [0, 0.1) is 0 Å². The molecule has 0 spiro atoms. The van der Waals surface area contributed by atoms with Gasteiger partial charge in [0.05, 0.1) is 4.90 Å². The van der Waals surface area contributed by atoms with Crippen LogP contribution < -0.4 is 5.32 Å². The van der Waals surface area contributed by atoms with Crippen molar-refractivity contribution < 1.29 is 8.42 Å². The van der Waals surface area contributed by atoms with Gasteiger partial charge in [0, 0.05) is 39.7 Å². The zero-order valence-electron chi connectivity index (χ0n) is 12.0. The largest absolute Gasteiger partial charge is 0.308 e. The Morgan fingerprint density at radius 2 is 1.86 bits per heavy atom. The van der Waals surface area contributed by atoms with Crippen molar-refractivity contribution in [1.82, 2.24) is 5.32 Å². The molecule has 2 aromatic rings. The predicted octanol–water partition coefficient (Wildman–Crippen LogP) is 3.66. The summed E-state index contributed by atoms with van der Waals surface area (Å²) in [6.07, 6.45) is 2.24. The smallest absolute Gasteiger partial charge is 0.175 e. The molecule has 2 rings (SSSR count). The van der Waals surface area contributed by atoms with Crippen LogP contribution in [-0.4, -0.2) is 14.7 Å². The topological polar surface area (TPSA) is 46.2 Å². The molecule has 0 aliphatic carbocycles. The predicted molar refractivity (Wildman–Crippen MR) is 88.8 cm³/mol. The normalized spacial score (nSPS) is 11.8. The number of thiophene rings is 1. The molecular formula is C15H18ClNO2S2. The van der Waals surface area contributed by atoms with Crippen molar-refractivity contribution in [2.75, 3.05) is 6.26 Å². The quantitative estimate of drug-likeness (QED) is 0.870. The van der Waals surface area contributed by atoms with Gasteiger partial charge >= 0.3 is 0 Å². The van der Waals surface area contributed by atoms with Crippen molar-refractivity contribution in [1.29, 1.82) is 0 Å². The molecule has 0 aliphatic heterocycles. The fraction of sp³-hybridized carbons (Fsp3) is 0.333. The van der Waals surface area contributed by atoms with Crippen LogP contribution in [0.1, 0.15) is 22.2 Å². The maximum absolute atomic E-state index is 11.8. The molecule has 21 heavy (non-hydrogen) atoms. The van der Waals surface area contributed by atoms with Gasteiger partial charge in [-0.25, -0.2) is 8.42 Å². The van der Waals surface area contributed by atoms with E-state index >= 15 is 0 Å². The number of benzene rings is 1. The SMILES string of the molecule is CCc1ccc(CNCc2c(Cl)cccc2S(C)(=O)=O)s1. The molecule has 1 N–H and O–H groups in total. The van der Waals surface area contributed by atoms with Gasteiger partial charge in [0.15, 0.2) is 9.84 Å². The second kappa shape index (κ2) is 6.92. The summed E-state index contributed by atoms with van der Waals surface area (Å²) in [5, 5.41) is 3.75. The average molecular weight is 344 g/mol. The van der Waals surface area contributed by atoms with E-state index in [2.05, 4.69) is 24.4 Å². The number of aryl methyl sites for hydroxylation is 1. The van der Waals surface area contributed by atoms with E-state index in [0.29, 0.717) is 28.6 Å². The molecule has 0 saturated heterocycles. The molecule has 1 aromatic heterocycles. The van der Waals surface area contributed by atoms with Gasteiger partial charge in [-0.2, -0.15) is 0 Å². The van der Waals surface area contributed by atoms with Crippen LogP contribution in [0.2, 0.25) is 5.02 Å². The van der Waals surface area contributed by atoms with Crippen LogP contribution in [0.15, 0.2) is 35.2 Å². The number of halogens is 1. The summed E-state index contributed by atoms with van der Waals surface area (Å²) >= 11 is 7.91. The lowest BCUT2D eigenvalue weighted by Crippen LogP contribution is -2.15. The van der Waals surface area contributed by atoms with Crippen LogP contribution in [0.5, 0.6) is 0 Å². The zero-order chi connectivity index (χ0) is 15.5. The highest BCUT2D eigenvalue weighted by Gasteiger charge is 2.15. The molecule has 114 valence electrons. The first-order chi connectivity index (χ1) is 9.91. The molecule has 1 aromatic carbocycles. The number of hydrogen-bond acceptors (Lipinski definition) is 4. The minimum Gasteiger partial charge on any atom is -0.308 e. The van der Waals surface area contributed by atoms with Crippen LogP contribution >= 0.6 is 22.9 Å². The third-order valence-electron chi connectivity index (χ3n) is 3.14. The molecule has 0 fully saturated rings. The molecule has 0 saturated carbocycles. The molecule has 0 aliphatic rings. The van der Waals surface area contributed by atoms with E-state index in [1.165, 1.54) is 16.0 Å². The number of hydrogen-bond donors (Lipinski definition) is 1. The van der Waals surface area contributed by atoms with Crippen molar-refractivity contribution in [2.24, 2.45) is 0 Å². The molecule has 0 unspecified atom stereocenters. The van der Waals surface area contributed by atoms with Gasteiger partial charge in [-0.3, -0.25) is 0 Å².